The number of hydrogen-bond donors (Lipinski definition) is 1. The van der Waals surface area contributed by atoms with Crippen LogP contribution in [-0.2, 0) is 0 Å². The van der Waals surface area contributed by atoms with E-state index >= 15 is 0 Å². The van der Waals surface area contributed by atoms with Crippen LogP contribution < -0.4 is 15.4 Å². The van der Waals surface area contributed by atoms with Gasteiger partial charge in [0.15, 0.2) is 0 Å². The summed E-state index contributed by atoms with van der Waals surface area (Å²) in [6, 6.07) is 8.11. The van der Waals surface area contributed by atoms with Gasteiger partial charge in [-0.2, -0.15) is 0 Å². The molecule has 4 nitrogen and oxygen atoms in total. The van der Waals surface area contributed by atoms with Gasteiger partial charge in [0.1, 0.15) is 11.6 Å². The molecule has 0 radical (unpaired) electrons. The van der Waals surface area contributed by atoms with Crippen molar-refractivity contribution in [2.24, 2.45) is 11.7 Å². The number of methoxy groups -OCH3 is 1. The fourth-order valence-corrected chi connectivity index (χ4v) is 2.41. The monoisotopic (exact) mass is 243 g/mol. The first-order chi connectivity index (χ1) is 8.81. The van der Waals surface area contributed by atoms with Gasteiger partial charge in [-0.1, -0.05) is 0 Å². The topological polar surface area (TPSA) is 51.4 Å². The molecule has 0 saturated carbocycles. The number of hydrogen-bond acceptors (Lipinski definition) is 4. The minimum absolute atomic E-state index is 0.611. The molecule has 2 aromatic rings. The molecule has 1 aromatic carbocycles. The molecule has 1 aliphatic rings. The molecule has 94 valence electrons. The van der Waals surface area contributed by atoms with Gasteiger partial charge >= 0.3 is 0 Å². The summed E-state index contributed by atoms with van der Waals surface area (Å²) >= 11 is 0. The molecule has 3 rings (SSSR count). The highest BCUT2D eigenvalue weighted by molar-refractivity contribution is 5.93. The van der Waals surface area contributed by atoms with E-state index in [1.165, 1.54) is 5.39 Å². The first kappa shape index (κ1) is 11.3. The third-order valence-corrected chi connectivity index (χ3v) is 3.54. The summed E-state index contributed by atoms with van der Waals surface area (Å²) in [5, 5.41) is 2.34. The maximum Gasteiger partial charge on any atom is 0.136 e. The van der Waals surface area contributed by atoms with Crippen molar-refractivity contribution < 1.29 is 4.74 Å². The number of aromatic nitrogens is 1. The smallest absolute Gasteiger partial charge is 0.136 e. The van der Waals surface area contributed by atoms with Gasteiger partial charge in [-0.3, -0.25) is 0 Å². The van der Waals surface area contributed by atoms with E-state index in [4.69, 9.17) is 10.5 Å². The standard InChI is InChI=1S/C14H17N3O/c1-18-12-2-3-13-11(6-12)4-5-16-14(13)17-8-10(7-15)9-17/h2-6,10H,7-9,15H2,1H3. The number of anilines is 1. The maximum atomic E-state index is 5.66. The highest BCUT2D eigenvalue weighted by Crippen LogP contribution is 2.31. The minimum atomic E-state index is 0.611. The fraction of sp³-hybridized carbons (Fsp3) is 0.357. The van der Waals surface area contributed by atoms with Crippen LogP contribution in [0.5, 0.6) is 5.75 Å². The van der Waals surface area contributed by atoms with Crippen molar-refractivity contribution in [1.82, 2.24) is 4.98 Å². The molecule has 0 spiro atoms. The largest absolute Gasteiger partial charge is 0.497 e. The molecule has 1 saturated heterocycles. The number of nitrogens with zero attached hydrogens (tertiary/aromatic N) is 2. The van der Waals surface area contributed by atoms with E-state index in [1.807, 2.05) is 24.4 Å². The van der Waals surface area contributed by atoms with E-state index in [0.29, 0.717) is 5.92 Å². The van der Waals surface area contributed by atoms with Crippen molar-refractivity contribution in [3.8, 4) is 5.75 Å². The van der Waals surface area contributed by atoms with Gasteiger partial charge in [0.2, 0.25) is 0 Å². The van der Waals surface area contributed by atoms with Gasteiger partial charge in [-0.15, -0.1) is 0 Å². The summed E-state index contributed by atoms with van der Waals surface area (Å²) in [6.45, 7) is 2.78. The first-order valence-electron chi connectivity index (χ1n) is 6.19. The molecule has 2 heterocycles. The van der Waals surface area contributed by atoms with Crippen molar-refractivity contribution >= 4 is 16.6 Å². The molecule has 0 unspecified atom stereocenters. The van der Waals surface area contributed by atoms with Gasteiger partial charge < -0.3 is 15.4 Å². The van der Waals surface area contributed by atoms with Crippen LogP contribution in [-0.4, -0.2) is 31.7 Å². The average molecular weight is 243 g/mol. The van der Waals surface area contributed by atoms with E-state index in [9.17, 15) is 0 Å². The van der Waals surface area contributed by atoms with Crippen molar-refractivity contribution in [3.05, 3.63) is 30.5 Å². The Morgan fingerprint density at radius 3 is 2.94 bits per heavy atom. The highest BCUT2D eigenvalue weighted by atomic mass is 16.5. The van der Waals surface area contributed by atoms with Crippen LogP contribution in [0.1, 0.15) is 0 Å². The zero-order valence-electron chi connectivity index (χ0n) is 10.5. The van der Waals surface area contributed by atoms with Crippen LogP contribution in [0.15, 0.2) is 30.5 Å². The Morgan fingerprint density at radius 1 is 1.39 bits per heavy atom. The van der Waals surface area contributed by atoms with Crippen LogP contribution >= 0.6 is 0 Å². The molecular weight excluding hydrogens is 226 g/mol. The lowest BCUT2D eigenvalue weighted by Gasteiger charge is -2.40. The SMILES string of the molecule is COc1ccc2c(N3CC(CN)C3)nccc2c1. The second kappa shape index (κ2) is 4.46. The summed E-state index contributed by atoms with van der Waals surface area (Å²) in [5.41, 5.74) is 5.66. The van der Waals surface area contributed by atoms with Crippen molar-refractivity contribution in [1.29, 1.82) is 0 Å². The van der Waals surface area contributed by atoms with Crippen LogP contribution in [0.3, 0.4) is 0 Å². The average Bonchev–Trinajstić information content (AvgIpc) is 2.37. The maximum absolute atomic E-state index is 5.66. The molecule has 1 fully saturated rings. The van der Waals surface area contributed by atoms with Crippen LogP contribution in [0.25, 0.3) is 10.8 Å². The molecule has 2 N–H and O–H groups in total. The highest BCUT2D eigenvalue weighted by Gasteiger charge is 2.27. The predicted molar refractivity (Wildman–Crippen MR) is 73.1 cm³/mol. The van der Waals surface area contributed by atoms with Crippen LogP contribution in [0.2, 0.25) is 0 Å². The fourth-order valence-electron chi connectivity index (χ4n) is 2.41. The summed E-state index contributed by atoms with van der Waals surface area (Å²) in [6.07, 6.45) is 1.85. The number of pyridine rings is 1. The number of benzene rings is 1. The van der Waals surface area contributed by atoms with E-state index in [2.05, 4.69) is 16.0 Å². The molecule has 0 aliphatic carbocycles. The van der Waals surface area contributed by atoms with Crippen LogP contribution in [0.4, 0.5) is 5.82 Å². The van der Waals surface area contributed by atoms with Crippen molar-refractivity contribution in [2.75, 3.05) is 31.6 Å². The quantitative estimate of drug-likeness (QED) is 0.890. The third-order valence-electron chi connectivity index (χ3n) is 3.54. The lowest BCUT2D eigenvalue weighted by Crippen LogP contribution is -2.50. The van der Waals surface area contributed by atoms with Gasteiger partial charge in [-0.25, -0.2) is 4.98 Å². The Morgan fingerprint density at radius 2 is 2.22 bits per heavy atom. The Labute approximate surface area is 106 Å². The lowest BCUT2D eigenvalue weighted by molar-refractivity contribution is 0.415. The zero-order valence-corrected chi connectivity index (χ0v) is 10.5. The zero-order chi connectivity index (χ0) is 12.5. The first-order valence-corrected chi connectivity index (χ1v) is 6.19. The second-order valence-electron chi connectivity index (χ2n) is 4.73. The van der Waals surface area contributed by atoms with E-state index in [0.717, 1.165) is 36.6 Å². The van der Waals surface area contributed by atoms with E-state index in [1.54, 1.807) is 7.11 Å². The summed E-state index contributed by atoms with van der Waals surface area (Å²) < 4.78 is 5.25. The number of ether oxygens (including phenoxy) is 1. The predicted octanol–water partition coefficient (Wildman–Crippen LogP) is 1.64. The Hall–Kier alpha value is -1.81. The Bertz CT molecular complexity index is 564. The van der Waals surface area contributed by atoms with E-state index < -0.39 is 0 Å². The molecule has 4 heteroatoms. The molecule has 18 heavy (non-hydrogen) atoms. The Kier molecular flexibility index (Phi) is 2.80. The molecule has 1 aliphatic heterocycles. The molecule has 0 atom stereocenters. The second-order valence-corrected chi connectivity index (χ2v) is 4.73. The van der Waals surface area contributed by atoms with Gasteiger partial charge in [0.25, 0.3) is 0 Å². The Balaban J connectivity index is 1.98. The minimum Gasteiger partial charge on any atom is -0.497 e. The molecule has 0 bridgehead atoms. The number of rotatable bonds is 3. The van der Waals surface area contributed by atoms with Gasteiger partial charge in [0, 0.05) is 30.6 Å². The summed E-state index contributed by atoms with van der Waals surface area (Å²) in [5.74, 6) is 2.54. The van der Waals surface area contributed by atoms with Crippen LogP contribution in [0, 0.1) is 5.92 Å². The third kappa shape index (κ3) is 1.78. The normalized spacial score (nSPS) is 15.8. The number of nitrogens with two attached hydrogens (primary N) is 1. The number of fused-ring (bicyclic) bond motifs is 1. The molecule has 0 amide bonds. The summed E-state index contributed by atoms with van der Waals surface area (Å²) in [7, 11) is 1.69. The van der Waals surface area contributed by atoms with Crippen molar-refractivity contribution in [2.45, 2.75) is 0 Å². The van der Waals surface area contributed by atoms with Crippen molar-refractivity contribution in [3.63, 3.8) is 0 Å². The molecular formula is C14H17N3O. The molecule has 1 aromatic heterocycles. The lowest BCUT2D eigenvalue weighted by atomic mass is 9.99. The summed E-state index contributed by atoms with van der Waals surface area (Å²) in [4.78, 5) is 6.78. The van der Waals surface area contributed by atoms with E-state index in [-0.39, 0.29) is 0 Å². The van der Waals surface area contributed by atoms with Gasteiger partial charge in [-0.05, 0) is 36.2 Å². The van der Waals surface area contributed by atoms with Gasteiger partial charge in [0.05, 0.1) is 7.11 Å².